The third kappa shape index (κ3) is 2.82. The fraction of sp³-hybridized carbons (Fsp3) is 0.143. The number of hydrogen-bond donors (Lipinski definition) is 1. The van der Waals surface area contributed by atoms with Crippen molar-refractivity contribution in [2.24, 2.45) is 0 Å². The molecular formula is C14H13N3OS. The molecule has 2 aromatic heterocycles. The predicted octanol–water partition coefficient (Wildman–Crippen LogP) is 3.17. The van der Waals surface area contributed by atoms with Gasteiger partial charge in [0.05, 0.1) is 9.88 Å². The van der Waals surface area contributed by atoms with Crippen molar-refractivity contribution in [2.75, 3.05) is 5.73 Å². The van der Waals surface area contributed by atoms with Gasteiger partial charge in [-0.15, -0.1) is 11.3 Å². The Morgan fingerprint density at radius 2 is 1.89 bits per heavy atom. The molecule has 96 valence electrons. The van der Waals surface area contributed by atoms with Gasteiger partial charge < -0.3 is 10.3 Å². The van der Waals surface area contributed by atoms with E-state index < -0.39 is 0 Å². The third-order valence-electron chi connectivity index (χ3n) is 2.79. The maximum atomic E-state index is 5.69. The van der Waals surface area contributed by atoms with Gasteiger partial charge in [0.1, 0.15) is 0 Å². The second-order valence-corrected chi connectivity index (χ2v) is 5.32. The molecular weight excluding hydrogens is 258 g/mol. The standard InChI is InChI=1S/C14H13N3OS/c15-12-8-7-11(19-12)14-16-13(17-18-14)9-6-10-4-2-1-3-5-10/h1-5,7-8H,6,9,15H2. The van der Waals surface area contributed by atoms with E-state index in [4.69, 9.17) is 10.3 Å². The average molecular weight is 271 g/mol. The van der Waals surface area contributed by atoms with Crippen molar-refractivity contribution in [1.29, 1.82) is 0 Å². The number of nitrogens with zero attached hydrogens (tertiary/aromatic N) is 2. The van der Waals surface area contributed by atoms with Crippen molar-refractivity contribution in [3.8, 4) is 10.8 Å². The van der Waals surface area contributed by atoms with Gasteiger partial charge in [-0.05, 0) is 24.1 Å². The number of thiophene rings is 1. The topological polar surface area (TPSA) is 64.9 Å². The molecule has 3 aromatic rings. The number of nitrogen functional groups attached to an aromatic ring is 1. The van der Waals surface area contributed by atoms with Crippen LogP contribution in [0.3, 0.4) is 0 Å². The summed E-state index contributed by atoms with van der Waals surface area (Å²) in [6.45, 7) is 0. The lowest BCUT2D eigenvalue weighted by Crippen LogP contribution is -1.93. The van der Waals surface area contributed by atoms with E-state index in [0.29, 0.717) is 5.89 Å². The van der Waals surface area contributed by atoms with Crippen LogP contribution in [0.1, 0.15) is 11.4 Å². The number of hydrogen-bond acceptors (Lipinski definition) is 5. The molecule has 0 aliphatic heterocycles. The highest BCUT2D eigenvalue weighted by molar-refractivity contribution is 7.19. The summed E-state index contributed by atoms with van der Waals surface area (Å²) in [4.78, 5) is 5.30. The Bertz CT molecular complexity index is 660. The fourth-order valence-electron chi connectivity index (χ4n) is 1.82. The molecule has 0 saturated heterocycles. The van der Waals surface area contributed by atoms with Gasteiger partial charge in [-0.3, -0.25) is 0 Å². The average Bonchev–Trinajstić information content (AvgIpc) is 3.06. The number of aryl methyl sites for hydroxylation is 2. The second-order valence-electron chi connectivity index (χ2n) is 4.20. The first-order valence-corrected chi connectivity index (χ1v) is 6.85. The van der Waals surface area contributed by atoms with Crippen molar-refractivity contribution < 1.29 is 4.52 Å². The zero-order valence-electron chi connectivity index (χ0n) is 10.2. The first kappa shape index (κ1) is 11.9. The molecule has 0 amide bonds. The summed E-state index contributed by atoms with van der Waals surface area (Å²) < 4.78 is 5.25. The van der Waals surface area contributed by atoms with Crippen molar-refractivity contribution in [2.45, 2.75) is 12.8 Å². The fourth-order valence-corrected chi connectivity index (χ4v) is 2.52. The molecule has 5 heteroatoms. The smallest absolute Gasteiger partial charge is 0.268 e. The first-order chi connectivity index (χ1) is 9.31. The highest BCUT2D eigenvalue weighted by atomic mass is 32.1. The molecule has 0 atom stereocenters. The SMILES string of the molecule is Nc1ccc(-c2nc(CCc3ccccc3)no2)s1. The van der Waals surface area contributed by atoms with Crippen LogP contribution in [-0.4, -0.2) is 10.1 Å². The molecule has 0 unspecified atom stereocenters. The van der Waals surface area contributed by atoms with Crippen molar-refractivity contribution in [3.05, 3.63) is 53.9 Å². The maximum absolute atomic E-state index is 5.69. The molecule has 0 spiro atoms. The molecule has 0 saturated carbocycles. The maximum Gasteiger partial charge on any atom is 0.268 e. The van der Waals surface area contributed by atoms with Crippen LogP contribution in [0.2, 0.25) is 0 Å². The predicted molar refractivity (Wildman–Crippen MR) is 75.9 cm³/mol. The van der Waals surface area contributed by atoms with Crippen molar-refractivity contribution in [3.63, 3.8) is 0 Å². The Labute approximate surface area is 114 Å². The summed E-state index contributed by atoms with van der Waals surface area (Å²) in [5.74, 6) is 1.27. The van der Waals surface area contributed by atoms with Crippen LogP contribution in [0.5, 0.6) is 0 Å². The van der Waals surface area contributed by atoms with Gasteiger partial charge in [0.25, 0.3) is 5.89 Å². The number of nitrogens with two attached hydrogens (primary N) is 1. The molecule has 2 N–H and O–H groups in total. The van der Waals surface area contributed by atoms with Crippen LogP contribution in [0.25, 0.3) is 10.8 Å². The molecule has 0 bridgehead atoms. The zero-order valence-corrected chi connectivity index (χ0v) is 11.1. The lowest BCUT2D eigenvalue weighted by Gasteiger charge is -1.96. The lowest BCUT2D eigenvalue weighted by molar-refractivity contribution is 0.423. The molecule has 0 aliphatic rings. The first-order valence-electron chi connectivity index (χ1n) is 6.03. The van der Waals surface area contributed by atoms with E-state index in [-0.39, 0.29) is 0 Å². The minimum absolute atomic E-state index is 0.546. The van der Waals surface area contributed by atoms with E-state index in [1.54, 1.807) is 0 Å². The minimum atomic E-state index is 0.546. The Morgan fingerprint density at radius 1 is 1.05 bits per heavy atom. The Balaban J connectivity index is 1.68. The van der Waals surface area contributed by atoms with E-state index >= 15 is 0 Å². The van der Waals surface area contributed by atoms with Crippen LogP contribution in [0.4, 0.5) is 5.00 Å². The summed E-state index contributed by atoms with van der Waals surface area (Å²) in [7, 11) is 0. The number of benzene rings is 1. The highest BCUT2D eigenvalue weighted by Crippen LogP contribution is 2.28. The summed E-state index contributed by atoms with van der Waals surface area (Å²) in [6.07, 6.45) is 1.68. The van der Waals surface area contributed by atoms with E-state index in [2.05, 4.69) is 22.3 Å². The van der Waals surface area contributed by atoms with E-state index in [1.165, 1.54) is 16.9 Å². The highest BCUT2D eigenvalue weighted by Gasteiger charge is 2.10. The zero-order chi connectivity index (χ0) is 13.1. The molecule has 4 nitrogen and oxygen atoms in total. The lowest BCUT2D eigenvalue weighted by atomic mass is 10.1. The summed E-state index contributed by atoms with van der Waals surface area (Å²) in [6, 6.07) is 14.0. The van der Waals surface area contributed by atoms with Gasteiger partial charge in [0.2, 0.25) is 0 Å². The molecule has 1 aromatic carbocycles. The van der Waals surface area contributed by atoms with E-state index in [0.717, 1.165) is 28.5 Å². The van der Waals surface area contributed by atoms with Crippen LogP contribution >= 0.6 is 11.3 Å². The number of rotatable bonds is 4. The third-order valence-corrected chi connectivity index (χ3v) is 3.69. The van der Waals surface area contributed by atoms with Crippen LogP contribution in [-0.2, 0) is 12.8 Å². The molecule has 2 heterocycles. The quantitative estimate of drug-likeness (QED) is 0.791. The summed E-state index contributed by atoms with van der Waals surface area (Å²) >= 11 is 1.45. The Morgan fingerprint density at radius 3 is 2.63 bits per heavy atom. The van der Waals surface area contributed by atoms with Gasteiger partial charge >= 0.3 is 0 Å². The summed E-state index contributed by atoms with van der Waals surface area (Å²) in [5, 5.41) is 4.75. The number of aromatic nitrogens is 2. The Kier molecular flexibility index (Phi) is 3.29. The van der Waals surface area contributed by atoms with Gasteiger partial charge in [-0.1, -0.05) is 35.5 Å². The Hall–Kier alpha value is -2.14. The van der Waals surface area contributed by atoms with Gasteiger partial charge in [0.15, 0.2) is 5.82 Å². The molecule has 3 rings (SSSR count). The molecule has 0 fully saturated rings. The van der Waals surface area contributed by atoms with Gasteiger partial charge in [-0.2, -0.15) is 4.98 Å². The van der Waals surface area contributed by atoms with E-state index in [9.17, 15) is 0 Å². The van der Waals surface area contributed by atoms with Gasteiger partial charge in [0, 0.05) is 6.42 Å². The largest absolute Gasteiger partial charge is 0.391 e. The van der Waals surface area contributed by atoms with Crippen LogP contribution in [0.15, 0.2) is 47.0 Å². The molecule has 0 radical (unpaired) electrons. The van der Waals surface area contributed by atoms with Crippen molar-refractivity contribution in [1.82, 2.24) is 10.1 Å². The summed E-state index contributed by atoms with van der Waals surface area (Å²) in [5.41, 5.74) is 6.96. The monoisotopic (exact) mass is 271 g/mol. The second kappa shape index (κ2) is 5.24. The van der Waals surface area contributed by atoms with Crippen LogP contribution in [0, 0.1) is 0 Å². The van der Waals surface area contributed by atoms with E-state index in [1.807, 2.05) is 30.3 Å². The van der Waals surface area contributed by atoms with Crippen molar-refractivity contribution >= 4 is 16.3 Å². The minimum Gasteiger partial charge on any atom is -0.391 e. The number of anilines is 1. The van der Waals surface area contributed by atoms with Crippen LogP contribution < -0.4 is 5.73 Å². The molecule has 19 heavy (non-hydrogen) atoms. The molecule has 0 aliphatic carbocycles. The van der Waals surface area contributed by atoms with Gasteiger partial charge in [-0.25, -0.2) is 0 Å². The normalized spacial score (nSPS) is 10.7.